The van der Waals surface area contributed by atoms with E-state index in [1.165, 1.54) is 18.3 Å². The van der Waals surface area contributed by atoms with Crippen molar-refractivity contribution in [3.63, 3.8) is 0 Å². The quantitative estimate of drug-likeness (QED) is 0.529. The highest BCUT2D eigenvalue weighted by atomic mass is 35.5. The third-order valence-electron chi connectivity index (χ3n) is 4.89. The van der Waals surface area contributed by atoms with Gasteiger partial charge < -0.3 is 20.3 Å². The van der Waals surface area contributed by atoms with Crippen molar-refractivity contribution < 1.29 is 13.9 Å². The molecule has 1 aliphatic rings. The summed E-state index contributed by atoms with van der Waals surface area (Å²) >= 11 is 6.34. The molecule has 7 nitrogen and oxygen atoms in total. The number of aromatic nitrogens is 2. The normalized spacial score (nSPS) is 13.5. The average Bonchev–Trinajstić information content (AvgIpc) is 2.82. The van der Waals surface area contributed by atoms with E-state index in [9.17, 15) is 9.18 Å². The Morgan fingerprint density at radius 3 is 2.78 bits per heavy atom. The number of anilines is 4. The standard InChI is InChI=1S/C23H21ClFN5O2/c1-2-21(31)27-16-5-3-4-15(12-16)22-18(24)14-26-23(29-22)28-17-6-7-19(25)20(13-17)30-8-10-32-11-9-30/h2-7,12-14H,1,8-11H2,(H,27,31)(H,26,28,29). The van der Waals surface area contributed by atoms with Crippen LogP contribution in [0.1, 0.15) is 0 Å². The lowest BCUT2D eigenvalue weighted by Gasteiger charge is -2.29. The SMILES string of the molecule is C=CC(=O)Nc1cccc(-c2nc(Nc3ccc(F)c(N4CCOCC4)c3)ncc2Cl)c1. The number of ether oxygens (including phenoxy) is 1. The first-order valence-corrected chi connectivity index (χ1v) is 10.4. The highest BCUT2D eigenvalue weighted by Crippen LogP contribution is 2.30. The van der Waals surface area contributed by atoms with Gasteiger partial charge in [0, 0.05) is 30.0 Å². The van der Waals surface area contributed by atoms with E-state index >= 15 is 0 Å². The van der Waals surface area contributed by atoms with Gasteiger partial charge in [0.1, 0.15) is 5.82 Å². The first kappa shape index (κ1) is 21.7. The number of hydrogen-bond acceptors (Lipinski definition) is 6. The zero-order valence-electron chi connectivity index (χ0n) is 17.1. The van der Waals surface area contributed by atoms with E-state index in [0.29, 0.717) is 65.6 Å². The number of carbonyl (C=O) groups excluding carboxylic acids is 1. The van der Waals surface area contributed by atoms with E-state index in [-0.39, 0.29) is 11.7 Å². The summed E-state index contributed by atoms with van der Waals surface area (Å²) < 4.78 is 19.7. The molecule has 2 heterocycles. The Balaban J connectivity index is 1.59. The van der Waals surface area contributed by atoms with Gasteiger partial charge in [-0.05, 0) is 36.4 Å². The van der Waals surface area contributed by atoms with E-state index in [2.05, 4.69) is 27.2 Å². The number of nitrogens with one attached hydrogen (secondary N) is 2. The highest BCUT2D eigenvalue weighted by Gasteiger charge is 2.16. The lowest BCUT2D eigenvalue weighted by Crippen LogP contribution is -2.36. The zero-order chi connectivity index (χ0) is 22.5. The summed E-state index contributed by atoms with van der Waals surface area (Å²) in [6.07, 6.45) is 2.69. The van der Waals surface area contributed by atoms with Crippen molar-refractivity contribution in [3.05, 3.63) is 72.2 Å². The predicted molar refractivity (Wildman–Crippen MR) is 124 cm³/mol. The summed E-state index contributed by atoms with van der Waals surface area (Å²) in [5, 5.41) is 6.18. The molecule has 0 radical (unpaired) electrons. The summed E-state index contributed by atoms with van der Waals surface area (Å²) in [5.74, 6) is -0.302. The van der Waals surface area contributed by atoms with Crippen molar-refractivity contribution in [1.29, 1.82) is 0 Å². The molecule has 164 valence electrons. The number of carbonyl (C=O) groups is 1. The Bertz CT molecular complexity index is 1150. The molecular formula is C23H21ClFN5O2. The maximum atomic E-state index is 14.4. The fourth-order valence-electron chi connectivity index (χ4n) is 3.33. The summed E-state index contributed by atoms with van der Waals surface area (Å²) in [6.45, 7) is 5.83. The largest absolute Gasteiger partial charge is 0.378 e. The molecule has 0 saturated carbocycles. The van der Waals surface area contributed by atoms with Crippen LogP contribution in [0, 0.1) is 5.82 Å². The number of nitrogens with zero attached hydrogens (tertiary/aromatic N) is 3. The maximum absolute atomic E-state index is 14.4. The van der Waals surface area contributed by atoms with Crippen LogP contribution in [0.2, 0.25) is 5.02 Å². The van der Waals surface area contributed by atoms with Gasteiger partial charge in [0.15, 0.2) is 0 Å². The lowest BCUT2D eigenvalue weighted by molar-refractivity contribution is -0.111. The summed E-state index contributed by atoms with van der Waals surface area (Å²) in [5.41, 5.74) is 2.93. The fraction of sp³-hybridized carbons (Fsp3) is 0.174. The molecule has 32 heavy (non-hydrogen) atoms. The van der Waals surface area contributed by atoms with Gasteiger partial charge in [-0.3, -0.25) is 4.79 Å². The minimum Gasteiger partial charge on any atom is -0.378 e. The lowest BCUT2D eigenvalue weighted by atomic mass is 10.1. The van der Waals surface area contributed by atoms with Crippen LogP contribution in [0.15, 0.2) is 61.3 Å². The molecule has 2 aromatic carbocycles. The molecule has 9 heteroatoms. The van der Waals surface area contributed by atoms with Crippen LogP contribution in [-0.4, -0.2) is 42.2 Å². The van der Waals surface area contributed by atoms with Crippen LogP contribution < -0.4 is 15.5 Å². The highest BCUT2D eigenvalue weighted by molar-refractivity contribution is 6.33. The molecule has 1 aromatic heterocycles. The molecule has 1 amide bonds. The average molecular weight is 454 g/mol. The molecule has 2 N–H and O–H groups in total. The number of halogens is 2. The van der Waals surface area contributed by atoms with Crippen molar-refractivity contribution in [2.75, 3.05) is 41.8 Å². The van der Waals surface area contributed by atoms with Gasteiger partial charge in [0.25, 0.3) is 0 Å². The fourth-order valence-corrected chi connectivity index (χ4v) is 3.53. The van der Waals surface area contributed by atoms with Crippen LogP contribution in [0.25, 0.3) is 11.3 Å². The smallest absolute Gasteiger partial charge is 0.247 e. The Kier molecular flexibility index (Phi) is 6.63. The summed E-state index contributed by atoms with van der Waals surface area (Å²) in [7, 11) is 0. The van der Waals surface area contributed by atoms with Crippen LogP contribution in [-0.2, 0) is 9.53 Å². The number of amides is 1. The van der Waals surface area contributed by atoms with Crippen molar-refractivity contribution in [2.45, 2.75) is 0 Å². The molecule has 0 unspecified atom stereocenters. The van der Waals surface area contributed by atoms with Gasteiger partial charge in [0.05, 0.1) is 35.8 Å². The van der Waals surface area contributed by atoms with Gasteiger partial charge in [-0.2, -0.15) is 0 Å². The van der Waals surface area contributed by atoms with E-state index in [4.69, 9.17) is 16.3 Å². The van der Waals surface area contributed by atoms with Gasteiger partial charge in [-0.1, -0.05) is 30.3 Å². The molecule has 0 aliphatic carbocycles. The predicted octanol–water partition coefficient (Wildman–Crippen LogP) is 4.64. The molecule has 1 fully saturated rings. The minimum absolute atomic E-state index is 0.298. The number of morpholine rings is 1. The van der Waals surface area contributed by atoms with E-state index < -0.39 is 0 Å². The second kappa shape index (κ2) is 9.76. The van der Waals surface area contributed by atoms with E-state index in [0.717, 1.165) is 0 Å². The van der Waals surface area contributed by atoms with Crippen LogP contribution in [0.4, 0.5) is 27.4 Å². The molecular weight excluding hydrogens is 433 g/mol. The van der Waals surface area contributed by atoms with Crippen molar-refractivity contribution in [2.24, 2.45) is 0 Å². The molecule has 1 saturated heterocycles. The van der Waals surface area contributed by atoms with Crippen LogP contribution in [0.3, 0.4) is 0 Å². The first-order valence-electron chi connectivity index (χ1n) is 9.99. The maximum Gasteiger partial charge on any atom is 0.247 e. The Morgan fingerprint density at radius 1 is 1.19 bits per heavy atom. The van der Waals surface area contributed by atoms with Crippen LogP contribution in [0.5, 0.6) is 0 Å². The molecule has 1 aliphatic heterocycles. The third kappa shape index (κ3) is 5.04. The van der Waals surface area contributed by atoms with Gasteiger partial charge in [0.2, 0.25) is 11.9 Å². The van der Waals surface area contributed by atoms with E-state index in [1.807, 2.05) is 11.0 Å². The number of hydrogen-bond donors (Lipinski definition) is 2. The molecule has 0 spiro atoms. The van der Waals surface area contributed by atoms with Crippen molar-refractivity contribution in [3.8, 4) is 11.3 Å². The summed E-state index contributed by atoms with van der Waals surface area (Å²) in [6, 6.07) is 11.9. The first-order chi connectivity index (χ1) is 15.5. The van der Waals surface area contributed by atoms with Crippen LogP contribution >= 0.6 is 11.6 Å². The molecule has 4 rings (SSSR count). The van der Waals surface area contributed by atoms with Crippen molar-refractivity contribution >= 4 is 40.5 Å². The Labute approximate surface area is 189 Å². The second-order valence-electron chi connectivity index (χ2n) is 7.05. The number of benzene rings is 2. The zero-order valence-corrected chi connectivity index (χ0v) is 17.9. The second-order valence-corrected chi connectivity index (χ2v) is 7.46. The topological polar surface area (TPSA) is 79.4 Å². The third-order valence-corrected chi connectivity index (χ3v) is 5.16. The Morgan fingerprint density at radius 2 is 2.00 bits per heavy atom. The van der Waals surface area contributed by atoms with Crippen molar-refractivity contribution in [1.82, 2.24) is 9.97 Å². The molecule has 3 aromatic rings. The van der Waals surface area contributed by atoms with E-state index in [1.54, 1.807) is 30.3 Å². The van der Waals surface area contributed by atoms with Gasteiger partial charge in [-0.25, -0.2) is 14.4 Å². The minimum atomic E-state index is -0.314. The summed E-state index contributed by atoms with van der Waals surface area (Å²) in [4.78, 5) is 22.3. The molecule has 0 bridgehead atoms. The van der Waals surface area contributed by atoms with Gasteiger partial charge >= 0.3 is 0 Å². The van der Waals surface area contributed by atoms with Gasteiger partial charge in [-0.15, -0.1) is 0 Å². The monoisotopic (exact) mass is 453 g/mol. The molecule has 0 atom stereocenters. The number of rotatable bonds is 6. The Hall–Kier alpha value is -3.49.